The number of piperazine rings is 1. The maximum Gasteiger partial charge on any atom is 0.261 e. The van der Waals surface area contributed by atoms with E-state index in [1.165, 1.54) is 12.1 Å². The molecular weight excluding hydrogens is 355 g/mol. The highest BCUT2D eigenvalue weighted by atomic mass is 35.5. The predicted molar refractivity (Wildman–Crippen MR) is 103 cm³/mol. The topological polar surface area (TPSA) is 50.2 Å². The number of fused-ring (bicyclic) bond motifs is 1. The number of nitrogens with one attached hydrogen (secondary N) is 1. The molecule has 0 amide bonds. The smallest absolute Gasteiger partial charge is 0.261 e. The second-order valence-corrected chi connectivity index (χ2v) is 7.36. The van der Waals surface area contributed by atoms with Crippen molar-refractivity contribution in [3.05, 3.63) is 39.2 Å². The molecule has 1 fully saturated rings. The van der Waals surface area contributed by atoms with Crippen molar-refractivity contribution in [2.45, 2.75) is 52.2 Å². The van der Waals surface area contributed by atoms with Crippen LogP contribution in [-0.4, -0.2) is 40.1 Å². The van der Waals surface area contributed by atoms with Gasteiger partial charge in [0.1, 0.15) is 11.6 Å². The summed E-state index contributed by atoms with van der Waals surface area (Å²) in [6, 6.07) is 3.09. The fraction of sp³-hybridized carbons (Fsp3) is 0.579. The Morgan fingerprint density at radius 3 is 2.85 bits per heavy atom. The van der Waals surface area contributed by atoms with Gasteiger partial charge < -0.3 is 5.32 Å². The van der Waals surface area contributed by atoms with E-state index in [9.17, 15) is 9.18 Å². The van der Waals surface area contributed by atoms with Gasteiger partial charge in [0, 0.05) is 38.3 Å². The molecule has 0 aliphatic carbocycles. The van der Waals surface area contributed by atoms with E-state index >= 15 is 0 Å². The van der Waals surface area contributed by atoms with E-state index in [-0.39, 0.29) is 16.6 Å². The van der Waals surface area contributed by atoms with Crippen LogP contribution >= 0.6 is 11.6 Å². The number of rotatable bonds is 5. The van der Waals surface area contributed by atoms with Gasteiger partial charge in [-0.2, -0.15) is 0 Å². The van der Waals surface area contributed by atoms with E-state index in [0.717, 1.165) is 38.3 Å². The maximum atomic E-state index is 14.0. The molecule has 26 heavy (non-hydrogen) atoms. The first-order chi connectivity index (χ1) is 12.5. The van der Waals surface area contributed by atoms with Crippen molar-refractivity contribution >= 4 is 22.5 Å². The zero-order valence-corrected chi connectivity index (χ0v) is 16.3. The second-order valence-electron chi connectivity index (χ2n) is 6.96. The fourth-order valence-corrected chi connectivity index (χ4v) is 3.95. The summed E-state index contributed by atoms with van der Waals surface area (Å²) in [5, 5.41) is 3.77. The molecule has 0 radical (unpaired) electrons. The first-order valence-electron chi connectivity index (χ1n) is 9.33. The van der Waals surface area contributed by atoms with Crippen LogP contribution in [-0.2, 0) is 6.54 Å². The summed E-state index contributed by atoms with van der Waals surface area (Å²) >= 11 is 5.88. The van der Waals surface area contributed by atoms with Gasteiger partial charge in [0.15, 0.2) is 0 Å². The van der Waals surface area contributed by atoms with Gasteiger partial charge in [-0.3, -0.25) is 14.3 Å². The van der Waals surface area contributed by atoms with Crippen molar-refractivity contribution in [3.8, 4) is 0 Å². The van der Waals surface area contributed by atoms with Crippen LogP contribution in [0.4, 0.5) is 4.39 Å². The minimum atomic E-state index is -0.547. The van der Waals surface area contributed by atoms with Gasteiger partial charge in [-0.05, 0) is 26.3 Å². The Balaban J connectivity index is 2.16. The van der Waals surface area contributed by atoms with E-state index in [4.69, 9.17) is 16.6 Å². The molecule has 1 N–H and O–H groups in total. The average Bonchev–Trinajstić information content (AvgIpc) is 2.61. The highest BCUT2D eigenvalue weighted by Crippen LogP contribution is 2.27. The third kappa shape index (κ3) is 3.63. The normalized spacial score (nSPS) is 19.8. The summed E-state index contributed by atoms with van der Waals surface area (Å²) in [6.07, 6.45) is 1.89. The van der Waals surface area contributed by atoms with E-state index in [1.807, 2.05) is 6.92 Å². The molecule has 2 heterocycles. The summed E-state index contributed by atoms with van der Waals surface area (Å²) in [4.78, 5) is 20.1. The monoisotopic (exact) mass is 380 g/mol. The molecular formula is C19H26ClFN4O. The number of halogens is 2. The SMILES string of the molecule is CCC[C@@H](c1nc2cc(F)c(Cl)cc2c(=O)n1CC)N1CCN[C@@H](C)C1. The lowest BCUT2D eigenvalue weighted by molar-refractivity contribution is 0.132. The lowest BCUT2D eigenvalue weighted by Gasteiger charge is -2.38. The molecule has 0 spiro atoms. The molecule has 0 saturated carbocycles. The molecule has 2 atom stereocenters. The first kappa shape index (κ1) is 19.3. The van der Waals surface area contributed by atoms with Crippen LogP contribution in [0.3, 0.4) is 0 Å². The summed E-state index contributed by atoms with van der Waals surface area (Å²) in [5.74, 6) is 0.178. The van der Waals surface area contributed by atoms with Crippen LogP contribution < -0.4 is 10.9 Å². The standard InChI is InChI=1S/C19H26ClFN4O/c1-4-6-17(24-8-7-22-12(3)11-24)18-23-16-10-15(21)14(20)9-13(16)19(26)25(18)5-2/h9-10,12,17,22H,4-8,11H2,1-3H3/t12-,17-/m0/s1. The first-order valence-corrected chi connectivity index (χ1v) is 9.71. The molecule has 5 nitrogen and oxygen atoms in total. The third-order valence-corrected chi connectivity index (χ3v) is 5.33. The maximum absolute atomic E-state index is 14.0. The fourth-order valence-electron chi connectivity index (χ4n) is 3.79. The quantitative estimate of drug-likeness (QED) is 0.864. The van der Waals surface area contributed by atoms with Gasteiger partial charge in [0.05, 0.1) is 22.0 Å². The van der Waals surface area contributed by atoms with Crippen molar-refractivity contribution in [3.63, 3.8) is 0 Å². The van der Waals surface area contributed by atoms with Crippen LogP contribution in [0, 0.1) is 5.82 Å². The third-order valence-electron chi connectivity index (χ3n) is 5.04. The van der Waals surface area contributed by atoms with Gasteiger partial charge in [-0.25, -0.2) is 9.37 Å². The van der Waals surface area contributed by atoms with Crippen molar-refractivity contribution in [2.75, 3.05) is 19.6 Å². The average molecular weight is 381 g/mol. The molecule has 1 aliphatic rings. The molecule has 0 unspecified atom stereocenters. The van der Waals surface area contributed by atoms with Gasteiger partial charge in [-0.1, -0.05) is 24.9 Å². The van der Waals surface area contributed by atoms with Crippen molar-refractivity contribution in [2.24, 2.45) is 0 Å². The van der Waals surface area contributed by atoms with Crippen molar-refractivity contribution < 1.29 is 4.39 Å². The van der Waals surface area contributed by atoms with Crippen LogP contribution in [0.1, 0.15) is 45.5 Å². The zero-order chi connectivity index (χ0) is 18.8. The van der Waals surface area contributed by atoms with Gasteiger partial charge in [-0.15, -0.1) is 0 Å². The van der Waals surface area contributed by atoms with Crippen LogP contribution in [0.5, 0.6) is 0 Å². The molecule has 1 aliphatic heterocycles. The predicted octanol–water partition coefficient (Wildman–Crippen LogP) is 3.34. The minimum absolute atomic E-state index is 0.0420. The molecule has 1 aromatic heterocycles. The molecule has 142 valence electrons. The Morgan fingerprint density at radius 2 is 2.19 bits per heavy atom. The van der Waals surface area contributed by atoms with Gasteiger partial charge in [0.2, 0.25) is 0 Å². The second kappa shape index (κ2) is 8.03. The number of aromatic nitrogens is 2. The lowest BCUT2D eigenvalue weighted by Crippen LogP contribution is -2.51. The van der Waals surface area contributed by atoms with E-state index in [2.05, 4.69) is 24.1 Å². The van der Waals surface area contributed by atoms with E-state index < -0.39 is 5.82 Å². The number of hydrogen-bond acceptors (Lipinski definition) is 4. The van der Waals surface area contributed by atoms with Gasteiger partial charge in [0.25, 0.3) is 5.56 Å². The molecule has 2 aromatic rings. The summed E-state index contributed by atoms with van der Waals surface area (Å²) in [5.41, 5.74) is 0.222. The minimum Gasteiger partial charge on any atom is -0.312 e. The Morgan fingerprint density at radius 1 is 1.42 bits per heavy atom. The van der Waals surface area contributed by atoms with Crippen molar-refractivity contribution in [1.82, 2.24) is 19.8 Å². The summed E-state index contributed by atoms with van der Waals surface area (Å²) in [6.45, 7) is 9.47. The summed E-state index contributed by atoms with van der Waals surface area (Å²) in [7, 11) is 0. The Kier molecular flexibility index (Phi) is 5.95. The van der Waals surface area contributed by atoms with Crippen LogP contribution in [0.25, 0.3) is 10.9 Å². The van der Waals surface area contributed by atoms with Gasteiger partial charge >= 0.3 is 0 Å². The van der Waals surface area contributed by atoms with E-state index in [1.54, 1.807) is 4.57 Å². The highest BCUT2D eigenvalue weighted by molar-refractivity contribution is 6.31. The Bertz CT molecular complexity index is 854. The zero-order valence-electron chi connectivity index (χ0n) is 15.6. The molecule has 1 aromatic carbocycles. The van der Waals surface area contributed by atoms with Crippen LogP contribution in [0.2, 0.25) is 5.02 Å². The van der Waals surface area contributed by atoms with Crippen LogP contribution in [0.15, 0.2) is 16.9 Å². The number of nitrogens with zero attached hydrogens (tertiary/aromatic N) is 3. The largest absolute Gasteiger partial charge is 0.312 e. The molecule has 1 saturated heterocycles. The lowest BCUT2D eigenvalue weighted by atomic mass is 10.1. The summed E-state index contributed by atoms with van der Waals surface area (Å²) < 4.78 is 15.7. The number of hydrogen-bond donors (Lipinski definition) is 1. The molecule has 3 rings (SSSR count). The Labute approximate surface area is 158 Å². The molecule has 0 bridgehead atoms. The van der Waals surface area contributed by atoms with E-state index in [0.29, 0.717) is 23.5 Å². The molecule has 7 heteroatoms. The highest BCUT2D eigenvalue weighted by Gasteiger charge is 2.28. The van der Waals surface area contributed by atoms with Crippen molar-refractivity contribution in [1.29, 1.82) is 0 Å². The number of benzene rings is 1. The Hall–Kier alpha value is -1.50.